The average Bonchev–Trinajstić information content (AvgIpc) is 3.24. The van der Waals surface area contributed by atoms with Gasteiger partial charge in [-0.3, -0.25) is 19.3 Å². The molecule has 1 N–H and O–H groups in total. The number of nitrogens with one attached hydrogen (secondary N) is 1. The van der Waals surface area contributed by atoms with Crippen molar-refractivity contribution in [3.63, 3.8) is 0 Å². The molecule has 8 rings (SSSR count). The molecule has 1 aliphatic heterocycles. The number of imide groups is 1. The Labute approximate surface area is 250 Å². The Morgan fingerprint density at radius 3 is 1.56 bits per heavy atom. The number of carbonyl (C=O) groups is 3. The van der Waals surface area contributed by atoms with Crippen molar-refractivity contribution in [1.82, 2.24) is 4.90 Å². The lowest BCUT2D eigenvalue weighted by molar-refractivity contribution is -0.142. The van der Waals surface area contributed by atoms with E-state index in [1.807, 2.05) is 48.5 Å². The van der Waals surface area contributed by atoms with Crippen molar-refractivity contribution >= 4 is 58.2 Å². The molecule has 1 heterocycles. The topological polar surface area (TPSA) is 75.7 Å². The molecule has 1 fully saturated rings. The molecule has 4 aliphatic rings. The second-order valence-electron chi connectivity index (χ2n) is 10.4. The predicted octanol–water partition coefficient (Wildman–Crippen LogP) is 6.66. The van der Waals surface area contributed by atoms with E-state index < -0.39 is 45.9 Å². The maximum atomic E-state index is 13.9. The summed E-state index contributed by atoms with van der Waals surface area (Å²) in [7, 11) is 0. The number of likely N-dealkylation sites (tertiary alicyclic amines) is 1. The van der Waals surface area contributed by atoms with Crippen molar-refractivity contribution in [2.45, 2.75) is 9.75 Å². The van der Waals surface area contributed by atoms with Crippen molar-refractivity contribution in [1.29, 1.82) is 0 Å². The Kier molecular flexibility index (Phi) is 5.95. The van der Waals surface area contributed by atoms with E-state index in [9.17, 15) is 14.4 Å². The Morgan fingerprint density at radius 2 is 1.12 bits per heavy atom. The zero-order valence-corrected chi connectivity index (χ0v) is 23.6. The van der Waals surface area contributed by atoms with E-state index in [0.717, 1.165) is 4.90 Å². The molecule has 6 nitrogen and oxygen atoms in total. The predicted molar refractivity (Wildman–Crippen MR) is 156 cm³/mol. The van der Waals surface area contributed by atoms with Crippen molar-refractivity contribution in [2.75, 3.05) is 11.9 Å². The summed E-state index contributed by atoms with van der Waals surface area (Å²) in [4.78, 5) is 39.3. The maximum Gasteiger partial charge on any atom is 0.244 e. The number of carbonyl (C=O) groups excluding carboxylic acids is 3. The lowest BCUT2D eigenvalue weighted by Gasteiger charge is -2.54. The summed E-state index contributed by atoms with van der Waals surface area (Å²) >= 11 is 20.8. The van der Waals surface area contributed by atoms with Gasteiger partial charge in [0.15, 0.2) is 0 Å². The van der Waals surface area contributed by atoms with Crippen LogP contribution < -0.4 is 10.1 Å². The van der Waals surface area contributed by atoms with Gasteiger partial charge in [0.2, 0.25) is 17.7 Å². The van der Waals surface area contributed by atoms with Crippen molar-refractivity contribution < 1.29 is 19.1 Å². The number of amides is 3. The van der Waals surface area contributed by atoms with Gasteiger partial charge in [0.25, 0.3) is 0 Å². The second kappa shape index (κ2) is 9.35. The van der Waals surface area contributed by atoms with Crippen LogP contribution in [0.5, 0.6) is 11.5 Å². The lowest BCUT2D eigenvalue weighted by atomic mass is 9.54. The van der Waals surface area contributed by atoms with Gasteiger partial charge in [0, 0.05) is 10.7 Å². The van der Waals surface area contributed by atoms with Crippen LogP contribution in [0.1, 0.15) is 22.3 Å². The van der Waals surface area contributed by atoms with Gasteiger partial charge in [-0.15, -0.1) is 23.2 Å². The van der Waals surface area contributed by atoms with Crippen LogP contribution in [-0.4, -0.2) is 29.2 Å². The smallest absolute Gasteiger partial charge is 0.244 e. The summed E-state index contributed by atoms with van der Waals surface area (Å²) in [5.74, 6) is -2.25. The SMILES string of the molecule is O=C(CN1C(=O)[C@@H]2[C@H](C1=O)C1(Cl)c3ccccc3C2(Cl)c2ccccc21)Nc1ccc(Oc2ccc(Cl)cc2)cc1. The van der Waals surface area contributed by atoms with E-state index in [2.05, 4.69) is 5.32 Å². The number of anilines is 1. The quantitative estimate of drug-likeness (QED) is 0.204. The van der Waals surface area contributed by atoms with Crippen molar-refractivity contribution in [3.8, 4) is 11.5 Å². The van der Waals surface area contributed by atoms with Gasteiger partial charge in [-0.05, 0) is 70.8 Å². The molecule has 3 amide bonds. The number of hydrogen-bond acceptors (Lipinski definition) is 4. The summed E-state index contributed by atoms with van der Waals surface area (Å²) in [6.07, 6.45) is 0. The number of hydrogen-bond donors (Lipinski definition) is 1. The van der Waals surface area contributed by atoms with Crippen molar-refractivity contribution in [3.05, 3.63) is 124 Å². The molecule has 3 aliphatic carbocycles. The summed E-state index contributed by atoms with van der Waals surface area (Å²) in [5, 5.41) is 3.36. The van der Waals surface area contributed by atoms with Crippen LogP contribution in [0.4, 0.5) is 5.69 Å². The summed E-state index contributed by atoms with van der Waals surface area (Å²) < 4.78 is 5.79. The molecule has 2 atom stereocenters. The van der Waals surface area contributed by atoms with Crippen LogP contribution in [-0.2, 0) is 24.1 Å². The number of halogens is 3. The fraction of sp³-hybridized carbons (Fsp3) is 0.156. The Hall–Kier alpha value is -3.84. The third kappa shape index (κ3) is 3.74. The zero-order valence-electron chi connectivity index (χ0n) is 21.3. The second-order valence-corrected chi connectivity index (χ2v) is 12.0. The minimum absolute atomic E-state index is 0.458. The van der Waals surface area contributed by atoms with E-state index >= 15 is 0 Å². The Morgan fingerprint density at radius 1 is 0.707 bits per heavy atom. The molecule has 4 aromatic rings. The average molecular weight is 604 g/mol. The number of benzene rings is 4. The zero-order chi connectivity index (χ0) is 28.5. The van der Waals surface area contributed by atoms with E-state index in [0.29, 0.717) is 44.5 Å². The third-order valence-corrected chi connectivity index (χ3v) is 9.70. The van der Waals surface area contributed by atoms with Gasteiger partial charge in [-0.25, -0.2) is 0 Å². The van der Waals surface area contributed by atoms with E-state index in [1.54, 1.807) is 48.5 Å². The largest absolute Gasteiger partial charge is 0.457 e. The first kappa shape index (κ1) is 26.1. The number of alkyl halides is 2. The molecule has 0 aromatic heterocycles. The number of ether oxygens (including phenoxy) is 1. The summed E-state index contributed by atoms with van der Waals surface area (Å²) in [6.45, 7) is -0.458. The van der Waals surface area contributed by atoms with Crippen LogP contribution in [0.2, 0.25) is 5.02 Å². The van der Waals surface area contributed by atoms with E-state index in [-0.39, 0.29) is 0 Å². The van der Waals surface area contributed by atoms with Gasteiger partial charge in [-0.1, -0.05) is 60.1 Å². The molecule has 4 aromatic carbocycles. The molecule has 9 heteroatoms. The van der Waals surface area contributed by atoms with Crippen LogP contribution in [0.15, 0.2) is 97.1 Å². The molecular weight excluding hydrogens is 583 g/mol. The Balaban J connectivity index is 1.14. The first-order valence-electron chi connectivity index (χ1n) is 13.0. The van der Waals surface area contributed by atoms with Crippen LogP contribution in [0.3, 0.4) is 0 Å². The third-order valence-electron chi connectivity index (χ3n) is 8.17. The standard InChI is InChI=1S/C32H21Cl3N2O4/c33-18-9-13-20(14-10-18)41-21-15-11-19(12-16-21)36-26(38)17-37-29(39)27-28(30(37)40)32(35)23-6-2-1-5-22(23)31(27,34)24-7-3-4-8-25(24)32/h1-16,27-28H,17H2,(H,36,38)/t27-,28+,31?,32?. The first-order valence-corrected chi connectivity index (χ1v) is 14.1. The van der Waals surface area contributed by atoms with Crippen molar-refractivity contribution in [2.24, 2.45) is 11.8 Å². The Bertz CT molecular complexity index is 1620. The van der Waals surface area contributed by atoms with E-state index in [4.69, 9.17) is 39.5 Å². The molecule has 0 radical (unpaired) electrons. The normalized spacial score (nSPS) is 25.4. The molecule has 0 unspecified atom stereocenters. The highest BCUT2D eigenvalue weighted by Gasteiger charge is 2.73. The van der Waals surface area contributed by atoms with Gasteiger partial charge in [-0.2, -0.15) is 0 Å². The minimum atomic E-state index is -1.29. The van der Waals surface area contributed by atoms with Crippen LogP contribution in [0, 0.1) is 11.8 Å². The fourth-order valence-electron chi connectivity index (χ4n) is 6.47. The van der Waals surface area contributed by atoms with Gasteiger partial charge in [0.1, 0.15) is 27.8 Å². The minimum Gasteiger partial charge on any atom is -0.457 e. The molecule has 2 bridgehead atoms. The monoisotopic (exact) mass is 602 g/mol. The summed E-state index contributed by atoms with van der Waals surface area (Å²) in [5.41, 5.74) is 3.34. The molecule has 1 saturated heterocycles. The van der Waals surface area contributed by atoms with Crippen LogP contribution in [0.25, 0.3) is 0 Å². The lowest BCUT2D eigenvalue weighted by Crippen LogP contribution is -2.57. The van der Waals surface area contributed by atoms with E-state index in [1.165, 1.54) is 0 Å². The number of rotatable bonds is 5. The summed E-state index contributed by atoms with van der Waals surface area (Å²) in [6, 6.07) is 28.5. The van der Waals surface area contributed by atoms with Gasteiger partial charge >= 0.3 is 0 Å². The van der Waals surface area contributed by atoms with Gasteiger partial charge < -0.3 is 10.1 Å². The number of nitrogens with zero attached hydrogens (tertiary/aromatic N) is 1. The fourth-order valence-corrected chi connectivity index (χ4v) is 7.69. The molecule has 0 spiro atoms. The maximum absolute atomic E-state index is 13.9. The highest BCUT2D eigenvalue weighted by molar-refractivity contribution is 6.36. The molecular formula is C32H21Cl3N2O4. The van der Waals surface area contributed by atoms with Gasteiger partial charge in [0.05, 0.1) is 11.8 Å². The first-order chi connectivity index (χ1) is 19.7. The molecule has 0 saturated carbocycles. The highest BCUT2D eigenvalue weighted by Crippen LogP contribution is 2.69. The van der Waals surface area contributed by atoms with Crippen LogP contribution >= 0.6 is 34.8 Å². The molecule has 204 valence electrons. The molecule has 41 heavy (non-hydrogen) atoms. The highest BCUT2D eigenvalue weighted by atomic mass is 35.5.